The fourth-order valence-electron chi connectivity index (χ4n) is 4.14. The minimum absolute atomic E-state index is 0.282. The molecule has 1 aliphatic rings. The molecule has 2 aromatic carbocycles. The first-order valence-electron chi connectivity index (χ1n) is 10.5. The molecular weight excluding hydrogens is 378 g/mol. The molecule has 1 aromatic heterocycles. The smallest absolute Gasteiger partial charge is 0.410 e. The van der Waals surface area contributed by atoms with Crippen LogP contribution in [0, 0.1) is 0 Å². The third kappa shape index (κ3) is 3.87. The highest BCUT2D eigenvalue weighted by molar-refractivity contribution is 5.86. The summed E-state index contributed by atoms with van der Waals surface area (Å²) in [5.74, 6) is 0.796. The van der Waals surface area contributed by atoms with Gasteiger partial charge < -0.3 is 19.4 Å². The summed E-state index contributed by atoms with van der Waals surface area (Å²) in [5, 5.41) is 1.21. The lowest BCUT2D eigenvalue weighted by Gasteiger charge is -2.36. The molecule has 3 aromatic rings. The first-order valence-corrected chi connectivity index (χ1v) is 10.5. The molecule has 1 unspecified atom stereocenters. The third-order valence-corrected chi connectivity index (χ3v) is 5.55. The molecule has 2 heterocycles. The summed E-state index contributed by atoms with van der Waals surface area (Å²) >= 11 is 0. The molecule has 0 saturated heterocycles. The van der Waals surface area contributed by atoms with Crippen molar-refractivity contribution in [2.75, 3.05) is 40.4 Å². The number of likely N-dealkylation sites (N-methyl/N-ethyl adjacent to an activating group) is 1. The summed E-state index contributed by atoms with van der Waals surface area (Å²) in [6.07, 6.45) is 0.494. The lowest BCUT2D eigenvalue weighted by atomic mass is 9.92. The highest BCUT2D eigenvalue weighted by Gasteiger charge is 2.36. The average molecular weight is 408 g/mol. The van der Waals surface area contributed by atoms with Crippen LogP contribution >= 0.6 is 0 Å². The van der Waals surface area contributed by atoms with Crippen molar-refractivity contribution in [1.29, 1.82) is 0 Å². The Balaban J connectivity index is 1.79. The number of para-hydroxylation sites is 2. The normalized spacial score (nSPS) is 16.0. The van der Waals surface area contributed by atoms with Gasteiger partial charge in [0.25, 0.3) is 0 Å². The van der Waals surface area contributed by atoms with Gasteiger partial charge in [-0.05, 0) is 45.1 Å². The number of carbonyl (C=O) groups is 1. The minimum Gasteiger partial charge on any atom is -0.492 e. The van der Waals surface area contributed by atoms with Crippen molar-refractivity contribution in [3.8, 4) is 5.75 Å². The largest absolute Gasteiger partial charge is 0.492 e. The summed E-state index contributed by atoms with van der Waals surface area (Å²) < 4.78 is 11.5. The summed E-state index contributed by atoms with van der Waals surface area (Å²) in [6.45, 7) is 4.18. The maximum absolute atomic E-state index is 12.9. The first kappa shape index (κ1) is 20.3. The van der Waals surface area contributed by atoms with Gasteiger partial charge in [-0.2, -0.15) is 0 Å². The van der Waals surface area contributed by atoms with Gasteiger partial charge in [0.2, 0.25) is 0 Å². The number of benzene rings is 2. The fourth-order valence-corrected chi connectivity index (χ4v) is 4.14. The Hall–Kier alpha value is -2.99. The molecule has 1 amide bonds. The minimum atomic E-state index is -0.296. The number of carbonyl (C=O) groups excluding carboxylic acids is 1. The van der Waals surface area contributed by atoms with Crippen molar-refractivity contribution in [2.45, 2.75) is 19.4 Å². The Kier molecular flexibility index (Phi) is 5.95. The predicted molar refractivity (Wildman–Crippen MR) is 118 cm³/mol. The maximum atomic E-state index is 12.9. The topological polar surface area (TPSA) is 57.8 Å². The van der Waals surface area contributed by atoms with Crippen LogP contribution in [-0.4, -0.2) is 61.3 Å². The van der Waals surface area contributed by atoms with E-state index in [1.807, 2.05) is 56.3 Å². The van der Waals surface area contributed by atoms with Gasteiger partial charge in [0.05, 0.1) is 6.61 Å². The van der Waals surface area contributed by atoms with E-state index in [-0.39, 0.29) is 12.1 Å². The molecule has 1 atom stereocenters. The van der Waals surface area contributed by atoms with E-state index in [2.05, 4.69) is 28.1 Å². The van der Waals surface area contributed by atoms with Crippen LogP contribution in [-0.2, 0) is 11.2 Å². The van der Waals surface area contributed by atoms with Crippen molar-refractivity contribution < 1.29 is 14.3 Å². The van der Waals surface area contributed by atoms with Gasteiger partial charge in [-0.3, -0.25) is 4.90 Å². The Bertz CT molecular complexity index is 1030. The van der Waals surface area contributed by atoms with Crippen molar-refractivity contribution in [3.63, 3.8) is 0 Å². The Labute approximate surface area is 177 Å². The van der Waals surface area contributed by atoms with E-state index in [1.165, 1.54) is 10.9 Å². The number of aromatic nitrogens is 1. The summed E-state index contributed by atoms with van der Waals surface area (Å²) in [7, 11) is 4.05. The van der Waals surface area contributed by atoms with Crippen molar-refractivity contribution in [1.82, 2.24) is 14.8 Å². The average Bonchev–Trinajstić information content (AvgIpc) is 3.12. The Morgan fingerprint density at radius 2 is 1.93 bits per heavy atom. The quantitative estimate of drug-likeness (QED) is 0.665. The van der Waals surface area contributed by atoms with Crippen LogP contribution in [0.3, 0.4) is 0 Å². The summed E-state index contributed by atoms with van der Waals surface area (Å²) in [5.41, 5.74) is 4.36. The predicted octanol–water partition coefficient (Wildman–Crippen LogP) is 4.21. The number of hydrogen-bond donors (Lipinski definition) is 1. The van der Waals surface area contributed by atoms with Crippen LogP contribution in [0.5, 0.6) is 5.75 Å². The zero-order chi connectivity index (χ0) is 21.1. The van der Waals surface area contributed by atoms with Crippen molar-refractivity contribution in [3.05, 3.63) is 65.4 Å². The molecule has 0 spiro atoms. The molecule has 0 radical (unpaired) electrons. The number of nitrogens with one attached hydrogen (secondary N) is 1. The maximum Gasteiger partial charge on any atom is 0.410 e. The van der Waals surface area contributed by atoms with Gasteiger partial charge in [-0.25, -0.2) is 4.79 Å². The zero-order valence-corrected chi connectivity index (χ0v) is 17.9. The van der Waals surface area contributed by atoms with Gasteiger partial charge in [0.1, 0.15) is 18.4 Å². The van der Waals surface area contributed by atoms with Gasteiger partial charge in [-0.15, -0.1) is 0 Å². The SMILES string of the molecule is CCOC(=O)N1CCc2c([nH]c3ccccc23)C1c1ccccc1OCCN(C)C. The highest BCUT2D eigenvalue weighted by atomic mass is 16.6. The number of rotatable bonds is 6. The number of ether oxygens (including phenoxy) is 2. The van der Waals surface area contributed by atoms with E-state index in [4.69, 9.17) is 9.47 Å². The molecule has 0 fully saturated rings. The number of hydrogen-bond acceptors (Lipinski definition) is 4. The van der Waals surface area contributed by atoms with Crippen LogP contribution in [0.2, 0.25) is 0 Å². The van der Waals surface area contributed by atoms with Gasteiger partial charge in [0, 0.05) is 35.2 Å². The second-order valence-electron chi connectivity index (χ2n) is 7.80. The van der Waals surface area contributed by atoms with Crippen LogP contribution in [0.25, 0.3) is 10.9 Å². The molecule has 4 rings (SSSR count). The van der Waals surface area contributed by atoms with E-state index in [1.54, 1.807) is 0 Å². The Morgan fingerprint density at radius 3 is 2.73 bits per heavy atom. The molecule has 6 nitrogen and oxygen atoms in total. The van der Waals surface area contributed by atoms with Crippen LogP contribution in [0.4, 0.5) is 4.79 Å². The van der Waals surface area contributed by atoms with Gasteiger partial charge in [-0.1, -0.05) is 36.4 Å². The zero-order valence-electron chi connectivity index (χ0n) is 17.9. The molecule has 6 heteroatoms. The van der Waals surface area contributed by atoms with E-state index >= 15 is 0 Å². The first-order chi connectivity index (χ1) is 14.6. The van der Waals surface area contributed by atoms with Crippen LogP contribution in [0.15, 0.2) is 48.5 Å². The molecular formula is C24H29N3O3. The van der Waals surface area contributed by atoms with E-state index in [0.717, 1.165) is 35.5 Å². The number of nitrogens with zero attached hydrogens (tertiary/aromatic N) is 2. The number of H-pyrrole nitrogens is 1. The fraction of sp³-hybridized carbons (Fsp3) is 0.375. The van der Waals surface area contributed by atoms with Crippen molar-refractivity contribution in [2.24, 2.45) is 0 Å². The number of fused-ring (bicyclic) bond motifs is 3. The van der Waals surface area contributed by atoms with Crippen molar-refractivity contribution >= 4 is 17.0 Å². The Morgan fingerprint density at radius 1 is 1.17 bits per heavy atom. The molecule has 1 aliphatic heterocycles. The number of amides is 1. The summed E-state index contributed by atoms with van der Waals surface area (Å²) in [4.78, 5) is 20.3. The molecule has 30 heavy (non-hydrogen) atoms. The second-order valence-corrected chi connectivity index (χ2v) is 7.80. The summed E-state index contributed by atoms with van der Waals surface area (Å²) in [6, 6.07) is 16.0. The molecule has 0 aliphatic carbocycles. The lowest BCUT2D eigenvalue weighted by Crippen LogP contribution is -2.41. The van der Waals surface area contributed by atoms with Crippen LogP contribution in [0.1, 0.15) is 29.8 Å². The third-order valence-electron chi connectivity index (χ3n) is 5.55. The molecule has 1 N–H and O–H groups in total. The van der Waals surface area contributed by atoms with E-state index in [0.29, 0.717) is 19.8 Å². The van der Waals surface area contributed by atoms with E-state index < -0.39 is 0 Å². The second kappa shape index (κ2) is 8.79. The van der Waals surface area contributed by atoms with Gasteiger partial charge in [0.15, 0.2) is 0 Å². The molecule has 158 valence electrons. The molecule has 0 saturated carbocycles. The number of aromatic amines is 1. The lowest BCUT2D eigenvalue weighted by molar-refractivity contribution is 0.0925. The highest BCUT2D eigenvalue weighted by Crippen LogP contribution is 2.41. The van der Waals surface area contributed by atoms with Crippen LogP contribution < -0.4 is 4.74 Å². The standard InChI is InChI=1S/C24H29N3O3/c1-4-29-24(28)27-14-13-18-17-9-5-7-11-20(17)25-22(18)23(27)19-10-6-8-12-21(19)30-16-15-26(2)3/h5-12,23,25H,4,13-16H2,1-3H3. The van der Waals surface area contributed by atoms with Gasteiger partial charge >= 0.3 is 6.09 Å². The monoisotopic (exact) mass is 407 g/mol. The van der Waals surface area contributed by atoms with E-state index in [9.17, 15) is 4.79 Å². The molecule has 0 bridgehead atoms.